The average Bonchev–Trinajstić information content (AvgIpc) is 2.55. The Hall–Kier alpha value is -1.70. The largest absolute Gasteiger partial charge is 0.207 e. The highest BCUT2D eigenvalue weighted by molar-refractivity contribution is 5.27. The van der Waals surface area contributed by atoms with Gasteiger partial charge >= 0.3 is 0 Å². The van der Waals surface area contributed by atoms with Crippen molar-refractivity contribution in [1.29, 1.82) is 0 Å². The maximum absolute atomic E-state index is 13.7. The van der Waals surface area contributed by atoms with E-state index >= 15 is 0 Å². The quantitative estimate of drug-likeness (QED) is 0.645. The van der Waals surface area contributed by atoms with E-state index in [2.05, 4.69) is 31.2 Å². The first kappa shape index (κ1) is 16.2. The summed E-state index contributed by atoms with van der Waals surface area (Å²) >= 11 is 0. The number of rotatable bonds is 4. The smallest absolute Gasteiger partial charge is 0.129 e. The average molecular weight is 314 g/mol. The fraction of sp³-hybridized carbons (Fsp3) is 0.429. The molecule has 0 spiro atoms. The fourth-order valence-electron chi connectivity index (χ4n) is 3.55. The Labute approximate surface area is 137 Å². The number of hydrogen-bond donors (Lipinski definition) is 0. The van der Waals surface area contributed by atoms with Crippen molar-refractivity contribution in [2.24, 2.45) is 5.92 Å². The normalized spacial score (nSPS) is 21.3. The summed E-state index contributed by atoms with van der Waals surface area (Å²) in [7, 11) is 0. The summed E-state index contributed by atoms with van der Waals surface area (Å²) in [6.07, 6.45) is 6.63. The Bertz CT molecular complexity index is 637. The second-order valence-corrected chi connectivity index (χ2v) is 6.93. The van der Waals surface area contributed by atoms with Crippen LogP contribution in [0.2, 0.25) is 0 Å². The minimum Gasteiger partial charge on any atom is -0.207 e. The minimum absolute atomic E-state index is 0.446. The Morgan fingerprint density at radius 2 is 1.57 bits per heavy atom. The highest BCUT2D eigenvalue weighted by atomic mass is 19.1. The Morgan fingerprint density at radius 1 is 0.870 bits per heavy atom. The minimum atomic E-state index is -0.516. The molecule has 23 heavy (non-hydrogen) atoms. The van der Waals surface area contributed by atoms with Crippen LogP contribution in [0.3, 0.4) is 0 Å². The molecule has 0 amide bonds. The van der Waals surface area contributed by atoms with Gasteiger partial charge in [-0.05, 0) is 60.3 Å². The van der Waals surface area contributed by atoms with Crippen LogP contribution < -0.4 is 0 Å². The van der Waals surface area contributed by atoms with E-state index in [1.807, 2.05) is 0 Å². The molecule has 0 bridgehead atoms. The molecule has 2 aromatic carbocycles. The number of halogens is 2. The number of hydrogen-bond acceptors (Lipinski definition) is 0. The van der Waals surface area contributed by atoms with Crippen LogP contribution >= 0.6 is 0 Å². The van der Waals surface area contributed by atoms with Crippen LogP contribution in [0.25, 0.3) is 0 Å². The van der Waals surface area contributed by atoms with Crippen LogP contribution in [-0.4, -0.2) is 0 Å². The lowest BCUT2D eigenvalue weighted by molar-refractivity contribution is 0.348. The lowest BCUT2D eigenvalue weighted by atomic mass is 9.79. The van der Waals surface area contributed by atoms with Crippen molar-refractivity contribution in [3.63, 3.8) is 0 Å². The van der Waals surface area contributed by atoms with Gasteiger partial charge in [0.25, 0.3) is 0 Å². The van der Waals surface area contributed by atoms with Gasteiger partial charge in [0, 0.05) is 6.07 Å². The zero-order valence-electron chi connectivity index (χ0n) is 13.7. The van der Waals surface area contributed by atoms with Gasteiger partial charge in [-0.2, -0.15) is 0 Å². The molecule has 0 aromatic heterocycles. The van der Waals surface area contributed by atoms with Gasteiger partial charge in [-0.15, -0.1) is 0 Å². The van der Waals surface area contributed by atoms with Crippen molar-refractivity contribution < 1.29 is 8.78 Å². The van der Waals surface area contributed by atoms with Gasteiger partial charge in [0.2, 0.25) is 0 Å². The van der Waals surface area contributed by atoms with Gasteiger partial charge in [-0.1, -0.05) is 50.1 Å². The first-order chi connectivity index (χ1) is 11.1. The molecule has 0 heterocycles. The molecule has 0 atom stereocenters. The topological polar surface area (TPSA) is 0 Å². The molecule has 0 N–H and O–H groups in total. The Kier molecular flexibility index (Phi) is 5.09. The Balaban J connectivity index is 1.59. The third-order valence-electron chi connectivity index (χ3n) is 5.17. The van der Waals surface area contributed by atoms with E-state index in [0.29, 0.717) is 17.9 Å². The van der Waals surface area contributed by atoms with E-state index in [4.69, 9.17) is 0 Å². The molecule has 0 saturated heterocycles. The van der Waals surface area contributed by atoms with Crippen LogP contribution in [0, 0.1) is 17.6 Å². The summed E-state index contributed by atoms with van der Waals surface area (Å²) in [6.45, 7) is 2.34. The predicted molar refractivity (Wildman–Crippen MR) is 90.6 cm³/mol. The van der Waals surface area contributed by atoms with Crippen molar-refractivity contribution in [3.05, 3.63) is 70.8 Å². The SMILES string of the molecule is CC1CCC(c2ccc(CCc3ccc(F)cc3F)cc2)CC1. The van der Waals surface area contributed by atoms with Gasteiger partial charge in [0.15, 0.2) is 0 Å². The molecule has 0 aliphatic heterocycles. The van der Waals surface area contributed by atoms with Crippen molar-refractivity contribution in [2.45, 2.75) is 51.4 Å². The standard InChI is InChI=1S/C21H24F2/c1-15-2-7-17(8-3-15)18-9-4-16(5-10-18)6-11-19-12-13-20(22)14-21(19)23/h4-5,9-10,12-15,17H,2-3,6-8,11H2,1H3. The summed E-state index contributed by atoms with van der Waals surface area (Å²) in [5.74, 6) is 0.612. The summed E-state index contributed by atoms with van der Waals surface area (Å²) in [4.78, 5) is 0. The number of aryl methyl sites for hydroxylation is 2. The van der Waals surface area contributed by atoms with E-state index in [9.17, 15) is 8.78 Å². The molecule has 1 fully saturated rings. The molecule has 2 aromatic rings. The molecule has 0 radical (unpaired) electrons. The van der Waals surface area contributed by atoms with Crippen LogP contribution in [0.15, 0.2) is 42.5 Å². The third kappa shape index (κ3) is 4.19. The highest BCUT2D eigenvalue weighted by Gasteiger charge is 2.19. The van der Waals surface area contributed by atoms with Gasteiger partial charge in [0.05, 0.1) is 0 Å². The number of benzene rings is 2. The third-order valence-corrected chi connectivity index (χ3v) is 5.17. The molecule has 122 valence electrons. The molecule has 1 aliphatic carbocycles. The monoisotopic (exact) mass is 314 g/mol. The lowest BCUT2D eigenvalue weighted by Crippen LogP contribution is -2.10. The van der Waals surface area contributed by atoms with Crippen LogP contribution in [-0.2, 0) is 12.8 Å². The van der Waals surface area contributed by atoms with Gasteiger partial charge in [-0.25, -0.2) is 8.78 Å². The van der Waals surface area contributed by atoms with Crippen LogP contribution in [0.1, 0.15) is 55.2 Å². The first-order valence-electron chi connectivity index (χ1n) is 8.64. The van der Waals surface area contributed by atoms with E-state index in [1.54, 1.807) is 6.07 Å². The molecule has 3 rings (SSSR count). The zero-order chi connectivity index (χ0) is 16.2. The Morgan fingerprint density at radius 3 is 2.22 bits per heavy atom. The summed E-state index contributed by atoms with van der Waals surface area (Å²) in [5, 5.41) is 0. The molecule has 2 heteroatoms. The second-order valence-electron chi connectivity index (χ2n) is 6.93. The lowest BCUT2D eigenvalue weighted by Gasteiger charge is -2.26. The molecular formula is C21H24F2. The maximum atomic E-state index is 13.7. The van der Waals surface area contributed by atoms with Crippen LogP contribution in [0.5, 0.6) is 0 Å². The molecule has 0 nitrogen and oxygen atoms in total. The van der Waals surface area contributed by atoms with Crippen molar-refractivity contribution in [3.8, 4) is 0 Å². The van der Waals surface area contributed by atoms with Crippen molar-refractivity contribution in [1.82, 2.24) is 0 Å². The molecular weight excluding hydrogens is 290 g/mol. The van der Waals surface area contributed by atoms with Crippen LogP contribution in [0.4, 0.5) is 8.78 Å². The van der Waals surface area contributed by atoms with Gasteiger partial charge < -0.3 is 0 Å². The summed E-state index contributed by atoms with van der Waals surface area (Å²) in [5.41, 5.74) is 3.23. The van der Waals surface area contributed by atoms with Crippen molar-refractivity contribution in [2.75, 3.05) is 0 Å². The zero-order valence-corrected chi connectivity index (χ0v) is 13.7. The fourth-order valence-corrected chi connectivity index (χ4v) is 3.55. The van der Waals surface area contributed by atoms with E-state index < -0.39 is 11.6 Å². The van der Waals surface area contributed by atoms with E-state index in [-0.39, 0.29) is 0 Å². The van der Waals surface area contributed by atoms with Gasteiger partial charge in [-0.3, -0.25) is 0 Å². The second kappa shape index (κ2) is 7.25. The summed E-state index contributed by atoms with van der Waals surface area (Å²) in [6, 6.07) is 12.6. The molecule has 0 unspecified atom stereocenters. The molecule has 1 aliphatic rings. The first-order valence-corrected chi connectivity index (χ1v) is 8.64. The van der Waals surface area contributed by atoms with Gasteiger partial charge in [0.1, 0.15) is 11.6 Å². The van der Waals surface area contributed by atoms with E-state index in [0.717, 1.165) is 18.4 Å². The highest BCUT2D eigenvalue weighted by Crippen LogP contribution is 2.35. The van der Waals surface area contributed by atoms with E-state index in [1.165, 1.54) is 42.9 Å². The van der Waals surface area contributed by atoms with Crippen molar-refractivity contribution >= 4 is 0 Å². The maximum Gasteiger partial charge on any atom is 0.129 e. The predicted octanol–water partition coefficient (Wildman–Crippen LogP) is 6.04. The summed E-state index contributed by atoms with van der Waals surface area (Å²) < 4.78 is 26.6. The molecule has 1 saturated carbocycles.